The Morgan fingerprint density at radius 2 is 1.87 bits per heavy atom. The van der Waals surface area contributed by atoms with Crippen LogP contribution >= 0.6 is 11.3 Å². The van der Waals surface area contributed by atoms with Gasteiger partial charge in [-0.05, 0) is 39.7 Å². The Kier molecular flexibility index (Phi) is 4.22. The first-order valence-electron chi connectivity index (χ1n) is 8.65. The third-order valence-corrected chi connectivity index (χ3v) is 6.27. The second-order valence-corrected chi connectivity index (χ2v) is 8.05. The van der Waals surface area contributed by atoms with Crippen molar-refractivity contribution in [2.24, 2.45) is 0 Å². The van der Waals surface area contributed by atoms with Gasteiger partial charge in [0, 0.05) is 35.6 Å². The van der Waals surface area contributed by atoms with E-state index in [1.54, 1.807) is 11.3 Å². The van der Waals surface area contributed by atoms with E-state index >= 15 is 0 Å². The van der Waals surface area contributed by atoms with Crippen molar-refractivity contribution in [3.8, 4) is 10.6 Å². The minimum Gasteiger partial charge on any atom is -0.311 e. The molecule has 3 nitrogen and oxygen atoms in total. The molecule has 2 unspecified atom stereocenters. The van der Waals surface area contributed by atoms with Gasteiger partial charge in [0.1, 0.15) is 5.01 Å². The molecule has 122 valence electrons. The molecule has 1 N–H and O–H groups in total. The van der Waals surface area contributed by atoms with Crippen LogP contribution in [0, 0.1) is 6.92 Å². The molecule has 2 aromatic rings. The van der Waals surface area contributed by atoms with Gasteiger partial charge in [-0.3, -0.25) is 4.90 Å². The van der Waals surface area contributed by atoms with Gasteiger partial charge in [-0.2, -0.15) is 0 Å². The molecule has 0 amide bonds. The number of piperidine rings is 1. The zero-order chi connectivity index (χ0) is 15.8. The van der Waals surface area contributed by atoms with Crippen molar-refractivity contribution in [2.75, 3.05) is 7.05 Å². The quantitative estimate of drug-likeness (QED) is 0.925. The monoisotopic (exact) mass is 327 g/mol. The highest BCUT2D eigenvalue weighted by molar-refractivity contribution is 7.13. The summed E-state index contributed by atoms with van der Waals surface area (Å²) in [5.41, 5.74) is 3.74. The fourth-order valence-corrected chi connectivity index (χ4v) is 4.80. The first kappa shape index (κ1) is 15.3. The molecular formula is C19H25N3S. The van der Waals surface area contributed by atoms with Crippen LogP contribution in [0.4, 0.5) is 0 Å². The summed E-state index contributed by atoms with van der Waals surface area (Å²) in [5.74, 6) is 0. The molecule has 1 aromatic carbocycles. The average molecular weight is 327 g/mol. The molecule has 0 aliphatic carbocycles. The normalized spacial score (nSPS) is 26.8. The third kappa shape index (κ3) is 3.35. The molecule has 0 radical (unpaired) electrons. The maximum atomic E-state index is 4.86. The number of hydrogen-bond acceptors (Lipinski definition) is 4. The van der Waals surface area contributed by atoms with E-state index in [0.717, 1.165) is 23.6 Å². The van der Waals surface area contributed by atoms with Crippen molar-refractivity contribution in [2.45, 2.75) is 57.3 Å². The number of nitrogens with zero attached hydrogens (tertiary/aromatic N) is 2. The maximum Gasteiger partial charge on any atom is 0.123 e. The highest BCUT2D eigenvalue weighted by Crippen LogP contribution is 2.30. The second-order valence-electron chi connectivity index (χ2n) is 7.19. The van der Waals surface area contributed by atoms with E-state index in [0.29, 0.717) is 6.04 Å². The largest absolute Gasteiger partial charge is 0.311 e. The van der Waals surface area contributed by atoms with Crippen LogP contribution in [0.3, 0.4) is 0 Å². The standard InChI is InChI=1S/C19H25N3S/c1-13-3-5-14(6-4-13)19-21-17(12-23-19)11-22(2)18-9-15-7-8-16(10-18)20-15/h3-6,12,15-16,18,20H,7-11H2,1-2H3. The number of benzene rings is 1. The topological polar surface area (TPSA) is 28.2 Å². The van der Waals surface area contributed by atoms with E-state index < -0.39 is 0 Å². The first-order chi connectivity index (χ1) is 11.2. The van der Waals surface area contributed by atoms with Gasteiger partial charge in [0.25, 0.3) is 0 Å². The highest BCUT2D eigenvalue weighted by Gasteiger charge is 2.35. The van der Waals surface area contributed by atoms with Crippen LogP contribution < -0.4 is 5.32 Å². The first-order valence-corrected chi connectivity index (χ1v) is 9.53. The second kappa shape index (κ2) is 6.34. The lowest BCUT2D eigenvalue weighted by molar-refractivity contribution is 0.164. The van der Waals surface area contributed by atoms with Crippen molar-refractivity contribution in [1.29, 1.82) is 0 Å². The molecule has 0 saturated carbocycles. The fraction of sp³-hybridized carbons (Fsp3) is 0.526. The molecule has 1 aromatic heterocycles. The molecule has 2 aliphatic rings. The van der Waals surface area contributed by atoms with Gasteiger partial charge in [0.15, 0.2) is 0 Å². The Bertz CT molecular complexity index is 652. The molecule has 2 atom stereocenters. The van der Waals surface area contributed by atoms with E-state index in [4.69, 9.17) is 4.98 Å². The molecule has 3 heterocycles. The van der Waals surface area contributed by atoms with Gasteiger partial charge >= 0.3 is 0 Å². The van der Waals surface area contributed by atoms with Gasteiger partial charge in [-0.15, -0.1) is 11.3 Å². The lowest BCUT2D eigenvalue weighted by atomic mass is 9.98. The average Bonchev–Trinajstić information content (AvgIpc) is 3.14. The molecule has 4 heteroatoms. The number of aromatic nitrogens is 1. The van der Waals surface area contributed by atoms with Gasteiger partial charge in [-0.25, -0.2) is 4.98 Å². The van der Waals surface area contributed by atoms with Crippen molar-refractivity contribution in [3.05, 3.63) is 40.9 Å². The van der Waals surface area contributed by atoms with Crippen LogP contribution in [0.2, 0.25) is 0 Å². The number of thiazole rings is 1. The van der Waals surface area contributed by atoms with Crippen molar-refractivity contribution in [3.63, 3.8) is 0 Å². The summed E-state index contributed by atoms with van der Waals surface area (Å²) in [5, 5.41) is 7.09. The van der Waals surface area contributed by atoms with Crippen LogP contribution in [-0.2, 0) is 6.54 Å². The molecule has 23 heavy (non-hydrogen) atoms. The Hall–Kier alpha value is -1.23. The maximum absolute atomic E-state index is 4.86. The fourth-order valence-electron chi connectivity index (χ4n) is 3.98. The lowest BCUT2D eigenvalue weighted by Gasteiger charge is -2.35. The minimum absolute atomic E-state index is 0.707. The van der Waals surface area contributed by atoms with Crippen LogP contribution in [0.15, 0.2) is 29.6 Å². The lowest BCUT2D eigenvalue weighted by Crippen LogP contribution is -2.46. The van der Waals surface area contributed by atoms with E-state index in [1.165, 1.54) is 42.5 Å². The molecule has 2 bridgehead atoms. The van der Waals surface area contributed by atoms with E-state index in [2.05, 4.69) is 53.8 Å². The molecule has 4 rings (SSSR count). The van der Waals surface area contributed by atoms with Gasteiger partial charge in [0.05, 0.1) is 5.69 Å². The summed E-state index contributed by atoms with van der Waals surface area (Å²) in [7, 11) is 2.26. The van der Waals surface area contributed by atoms with E-state index in [-0.39, 0.29) is 0 Å². The highest BCUT2D eigenvalue weighted by atomic mass is 32.1. The summed E-state index contributed by atoms with van der Waals surface area (Å²) < 4.78 is 0. The molecule has 2 aliphatic heterocycles. The zero-order valence-corrected chi connectivity index (χ0v) is 14.8. The van der Waals surface area contributed by atoms with Crippen molar-refractivity contribution < 1.29 is 0 Å². The Labute approximate surface area is 142 Å². The van der Waals surface area contributed by atoms with Crippen LogP contribution in [0.5, 0.6) is 0 Å². The van der Waals surface area contributed by atoms with Crippen molar-refractivity contribution in [1.82, 2.24) is 15.2 Å². The van der Waals surface area contributed by atoms with Crippen LogP contribution in [0.1, 0.15) is 36.9 Å². The Morgan fingerprint density at radius 3 is 2.57 bits per heavy atom. The molecule has 2 saturated heterocycles. The number of fused-ring (bicyclic) bond motifs is 2. The Morgan fingerprint density at radius 1 is 1.17 bits per heavy atom. The summed E-state index contributed by atoms with van der Waals surface area (Å²) in [4.78, 5) is 7.37. The predicted octanol–water partition coefficient (Wildman–Crippen LogP) is 3.83. The zero-order valence-electron chi connectivity index (χ0n) is 14.0. The number of hydrogen-bond donors (Lipinski definition) is 1. The van der Waals surface area contributed by atoms with E-state index in [9.17, 15) is 0 Å². The SMILES string of the molecule is Cc1ccc(-c2nc(CN(C)C3CC4CCC(C3)N4)cs2)cc1. The van der Waals surface area contributed by atoms with E-state index in [1.807, 2.05) is 0 Å². The van der Waals surface area contributed by atoms with Crippen LogP contribution in [0.25, 0.3) is 10.6 Å². The number of aryl methyl sites for hydroxylation is 1. The van der Waals surface area contributed by atoms with Crippen molar-refractivity contribution >= 4 is 11.3 Å². The van der Waals surface area contributed by atoms with Gasteiger partial charge in [-0.1, -0.05) is 29.8 Å². The Balaban J connectivity index is 1.42. The van der Waals surface area contributed by atoms with Gasteiger partial charge in [0.2, 0.25) is 0 Å². The van der Waals surface area contributed by atoms with Gasteiger partial charge < -0.3 is 5.32 Å². The summed E-state index contributed by atoms with van der Waals surface area (Å²) in [6.45, 7) is 3.09. The summed E-state index contributed by atoms with van der Waals surface area (Å²) >= 11 is 1.76. The molecular weight excluding hydrogens is 302 g/mol. The molecule has 0 spiro atoms. The summed E-state index contributed by atoms with van der Waals surface area (Å²) in [6.07, 6.45) is 5.32. The smallest absolute Gasteiger partial charge is 0.123 e. The predicted molar refractivity (Wildman–Crippen MR) is 96.7 cm³/mol. The summed E-state index contributed by atoms with van der Waals surface area (Å²) in [6, 6.07) is 10.9. The number of nitrogens with one attached hydrogen (secondary N) is 1. The van der Waals surface area contributed by atoms with Crippen LogP contribution in [-0.4, -0.2) is 35.1 Å². The third-order valence-electron chi connectivity index (χ3n) is 5.33. The minimum atomic E-state index is 0.707. The molecule has 2 fully saturated rings. The number of rotatable bonds is 4.